The van der Waals surface area contributed by atoms with Crippen molar-refractivity contribution in [2.24, 2.45) is 0 Å². The van der Waals surface area contributed by atoms with Crippen molar-refractivity contribution in [1.82, 2.24) is 10.2 Å². The standard InChI is InChI=1S/C17H24N2O4S/c1-13(17(21)22-2)24-15-6-4-3-5-14(15)16(20)18-7-8-19-9-11-23-12-10-19/h3-6,13H,7-12H2,1-2H3,(H,18,20). The van der Waals surface area contributed by atoms with Crippen LogP contribution in [-0.4, -0.2) is 68.5 Å². The van der Waals surface area contributed by atoms with E-state index in [1.807, 2.05) is 18.2 Å². The first-order valence-corrected chi connectivity index (χ1v) is 8.91. The van der Waals surface area contributed by atoms with Crippen molar-refractivity contribution >= 4 is 23.6 Å². The number of amides is 1. The van der Waals surface area contributed by atoms with Gasteiger partial charge in [-0.25, -0.2) is 0 Å². The Morgan fingerprint density at radius 2 is 2.04 bits per heavy atom. The molecule has 1 fully saturated rings. The predicted molar refractivity (Wildman–Crippen MR) is 93.4 cm³/mol. The molecule has 1 unspecified atom stereocenters. The summed E-state index contributed by atoms with van der Waals surface area (Å²) in [4.78, 5) is 27.1. The Morgan fingerprint density at radius 1 is 1.33 bits per heavy atom. The molecule has 2 rings (SSSR count). The second-order valence-electron chi connectivity index (χ2n) is 5.49. The van der Waals surface area contributed by atoms with Gasteiger partial charge in [0.15, 0.2) is 0 Å². The Hall–Kier alpha value is -1.57. The van der Waals surface area contributed by atoms with E-state index in [9.17, 15) is 9.59 Å². The van der Waals surface area contributed by atoms with Gasteiger partial charge in [-0.15, -0.1) is 11.8 Å². The van der Waals surface area contributed by atoms with Crippen LogP contribution in [0.2, 0.25) is 0 Å². The average Bonchev–Trinajstić information content (AvgIpc) is 2.62. The normalized spacial score (nSPS) is 16.4. The second-order valence-corrected chi connectivity index (χ2v) is 6.87. The lowest BCUT2D eigenvalue weighted by Crippen LogP contribution is -2.41. The number of carbonyl (C=O) groups excluding carboxylic acids is 2. The molecule has 7 heteroatoms. The summed E-state index contributed by atoms with van der Waals surface area (Å²) in [5, 5.41) is 2.59. The molecule has 1 aromatic carbocycles. The van der Waals surface area contributed by atoms with Gasteiger partial charge < -0.3 is 14.8 Å². The Morgan fingerprint density at radius 3 is 2.75 bits per heavy atom. The van der Waals surface area contributed by atoms with Crippen LogP contribution >= 0.6 is 11.8 Å². The molecule has 0 aliphatic carbocycles. The van der Waals surface area contributed by atoms with Crippen LogP contribution < -0.4 is 5.32 Å². The van der Waals surface area contributed by atoms with Crippen molar-refractivity contribution in [3.8, 4) is 0 Å². The summed E-state index contributed by atoms with van der Waals surface area (Å²) in [6, 6.07) is 7.30. The fourth-order valence-corrected chi connectivity index (χ4v) is 3.43. The fraction of sp³-hybridized carbons (Fsp3) is 0.529. The molecule has 1 atom stereocenters. The Kier molecular flexibility index (Phi) is 7.55. The quantitative estimate of drug-likeness (QED) is 0.591. The molecule has 132 valence electrons. The third kappa shape index (κ3) is 5.51. The van der Waals surface area contributed by atoms with Crippen LogP contribution in [0.4, 0.5) is 0 Å². The minimum absolute atomic E-state index is 0.122. The topological polar surface area (TPSA) is 67.9 Å². The number of carbonyl (C=O) groups is 2. The predicted octanol–water partition coefficient (Wildman–Crippen LogP) is 1.40. The average molecular weight is 352 g/mol. The highest BCUT2D eigenvalue weighted by Crippen LogP contribution is 2.27. The highest BCUT2D eigenvalue weighted by atomic mass is 32.2. The van der Waals surface area contributed by atoms with Crippen LogP contribution in [0.3, 0.4) is 0 Å². The summed E-state index contributed by atoms with van der Waals surface area (Å²) in [6.45, 7) is 6.46. The second kappa shape index (κ2) is 9.66. The lowest BCUT2D eigenvalue weighted by atomic mass is 10.2. The molecule has 1 aromatic rings. The van der Waals surface area contributed by atoms with Gasteiger partial charge in [0, 0.05) is 31.1 Å². The molecule has 0 radical (unpaired) electrons. The third-order valence-electron chi connectivity index (χ3n) is 3.79. The lowest BCUT2D eigenvalue weighted by molar-refractivity contribution is -0.139. The fourth-order valence-electron chi connectivity index (χ4n) is 2.41. The first kappa shape index (κ1) is 18.8. The number of hydrogen-bond donors (Lipinski definition) is 1. The van der Waals surface area contributed by atoms with Gasteiger partial charge in [0.25, 0.3) is 5.91 Å². The number of methoxy groups -OCH3 is 1. The van der Waals surface area contributed by atoms with E-state index in [4.69, 9.17) is 9.47 Å². The van der Waals surface area contributed by atoms with E-state index >= 15 is 0 Å². The number of thioether (sulfide) groups is 1. The SMILES string of the molecule is COC(=O)C(C)Sc1ccccc1C(=O)NCCN1CCOCC1. The smallest absolute Gasteiger partial charge is 0.318 e. The van der Waals surface area contributed by atoms with Crippen molar-refractivity contribution in [2.45, 2.75) is 17.1 Å². The molecule has 1 heterocycles. The zero-order valence-electron chi connectivity index (χ0n) is 14.1. The molecule has 6 nitrogen and oxygen atoms in total. The summed E-state index contributed by atoms with van der Waals surface area (Å²) in [5.74, 6) is -0.425. The van der Waals surface area contributed by atoms with E-state index in [1.165, 1.54) is 18.9 Å². The van der Waals surface area contributed by atoms with Crippen LogP contribution in [0, 0.1) is 0 Å². The van der Waals surface area contributed by atoms with Crippen molar-refractivity contribution in [2.75, 3.05) is 46.5 Å². The minimum atomic E-state index is -0.364. The Balaban J connectivity index is 1.90. The van der Waals surface area contributed by atoms with Crippen molar-refractivity contribution in [1.29, 1.82) is 0 Å². The minimum Gasteiger partial charge on any atom is -0.468 e. The number of ether oxygens (including phenoxy) is 2. The highest BCUT2D eigenvalue weighted by Gasteiger charge is 2.19. The molecular weight excluding hydrogens is 328 g/mol. The van der Waals surface area contributed by atoms with E-state index in [-0.39, 0.29) is 17.1 Å². The maximum absolute atomic E-state index is 12.4. The van der Waals surface area contributed by atoms with Gasteiger partial charge in [0.1, 0.15) is 5.25 Å². The van der Waals surface area contributed by atoms with Crippen LogP contribution in [0.15, 0.2) is 29.2 Å². The summed E-state index contributed by atoms with van der Waals surface area (Å²) < 4.78 is 10.0. The third-order valence-corrected chi connectivity index (χ3v) is 4.94. The number of hydrogen-bond acceptors (Lipinski definition) is 6. The van der Waals surface area contributed by atoms with Crippen molar-refractivity contribution < 1.29 is 19.1 Å². The molecule has 1 amide bonds. The number of nitrogens with one attached hydrogen (secondary N) is 1. The first-order chi connectivity index (χ1) is 11.6. The largest absolute Gasteiger partial charge is 0.468 e. The molecule has 24 heavy (non-hydrogen) atoms. The number of morpholine rings is 1. The van der Waals surface area contributed by atoms with Crippen LogP contribution in [-0.2, 0) is 14.3 Å². The monoisotopic (exact) mass is 352 g/mol. The van der Waals surface area contributed by atoms with E-state index < -0.39 is 0 Å². The highest BCUT2D eigenvalue weighted by molar-refractivity contribution is 8.00. The number of esters is 1. The zero-order chi connectivity index (χ0) is 17.4. The molecule has 0 spiro atoms. The Labute approximate surface area is 146 Å². The molecule has 1 aliphatic heterocycles. The van der Waals surface area contributed by atoms with E-state index in [0.29, 0.717) is 12.1 Å². The van der Waals surface area contributed by atoms with Gasteiger partial charge >= 0.3 is 5.97 Å². The van der Waals surface area contributed by atoms with Gasteiger partial charge in [-0.3, -0.25) is 14.5 Å². The van der Waals surface area contributed by atoms with E-state index in [0.717, 1.165) is 37.7 Å². The maximum Gasteiger partial charge on any atom is 0.318 e. The van der Waals surface area contributed by atoms with Gasteiger partial charge in [0.05, 0.1) is 25.9 Å². The van der Waals surface area contributed by atoms with Crippen molar-refractivity contribution in [3.63, 3.8) is 0 Å². The number of rotatable bonds is 7. The molecule has 1 saturated heterocycles. The summed E-state index contributed by atoms with van der Waals surface area (Å²) in [7, 11) is 1.36. The maximum atomic E-state index is 12.4. The summed E-state index contributed by atoms with van der Waals surface area (Å²) in [5.41, 5.74) is 0.584. The van der Waals surface area contributed by atoms with Crippen molar-refractivity contribution in [3.05, 3.63) is 29.8 Å². The summed E-state index contributed by atoms with van der Waals surface area (Å²) in [6.07, 6.45) is 0. The van der Waals surface area contributed by atoms with Crippen LogP contribution in [0.1, 0.15) is 17.3 Å². The Bertz CT molecular complexity index is 561. The number of benzene rings is 1. The molecule has 1 N–H and O–H groups in total. The molecule has 0 aromatic heterocycles. The van der Waals surface area contributed by atoms with E-state index in [2.05, 4.69) is 10.2 Å². The summed E-state index contributed by atoms with van der Waals surface area (Å²) >= 11 is 1.33. The van der Waals surface area contributed by atoms with Crippen LogP contribution in [0.5, 0.6) is 0 Å². The zero-order valence-corrected chi connectivity index (χ0v) is 14.9. The van der Waals surface area contributed by atoms with Gasteiger partial charge in [-0.2, -0.15) is 0 Å². The molecule has 0 bridgehead atoms. The van der Waals surface area contributed by atoms with Gasteiger partial charge in [-0.1, -0.05) is 12.1 Å². The van der Waals surface area contributed by atoms with Gasteiger partial charge in [-0.05, 0) is 19.1 Å². The van der Waals surface area contributed by atoms with Crippen LogP contribution in [0.25, 0.3) is 0 Å². The van der Waals surface area contributed by atoms with Gasteiger partial charge in [0.2, 0.25) is 0 Å². The number of nitrogens with zero attached hydrogens (tertiary/aromatic N) is 1. The molecule has 0 saturated carbocycles. The first-order valence-electron chi connectivity index (χ1n) is 8.03. The molecular formula is C17H24N2O4S. The lowest BCUT2D eigenvalue weighted by Gasteiger charge is -2.26. The molecule has 1 aliphatic rings. The van der Waals surface area contributed by atoms with E-state index in [1.54, 1.807) is 13.0 Å².